The van der Waals surface area contributed by atoms with Gasteiger partial charge in [-0.05, 0) is 31.5 Å². The molecule has 3 rings (SSSR count). The Bertz CT molecular complexity index is 1090. The lowest BCUT2D eigenvalue weighted by atomic mass is 10.2. The van der Waals surface area contributed by atoms with Crippen LogP contribution in [-0.4, -0.2) is 94.8 Å². The predicted molar refractivity (Wildman–Crippen MR) is 113 cm³/mol. The van der Waals surface area contributed by atoms with Crippen LogP contribution >= 0.6 is 0 Å². The van der Waals surface area contributed by atoms with Gasteiger partial charge in [0.05, 0.1) is 41.7 Å². The molecule has 13 heteroatoms. The van der Waals surface area contributed by atoms with Crippen molar-refractivity contribution in [1.29, 1.82) is 0 Å². The Kier molecular flexibility index (Phi) is 7.53. The standard InChI is InChI=1S/C19H26FN3O7S2/c1-2-22(12-18(24)21-14-5-10-31(26,27)13-14)19(25)16-11-15(3-4-17(16)20)32(28,29)23-6-8-30-9-7-23/h3-4,11,14H,2,5-10,12-13H2,1H3,(H,21,24). The first-order valence-corrected chi connectivity index (χ1v) is 13.5. The van der Waals surface area contributed by atoms with Gasteiger partial charge in [-0.15, -0.1) is 0 Å². The third-order valence-electron chi connectivity index (χ3n) is 5.38. The molecule has 2 heterocycles. The molecule has 1 aromatic rings. The molecular weight excluding hydrogens is 465 g/mol. The molecule has 2 aliphatic rings. The Morgan fingerprint density at radius 1 is 1.28 bits per heavy atom. The van der Waals surface area contributed by atoms with Crippen molar-refractivity contribution in [2.24, 2.45) is 0 Å². The van der Waals surface area contributed by atoms with Crippen LogP contribution in [0.15, 0.2) is 23.1 Å². The van der Waals surface area contributed by atoms with Crippen LogP contribution in [0.3, 0.4) is 0 Å². The van der Waals surface area contributed by atoms with Crippen molar-refractivity contribution < 1.29 is 35.6 Å². The lowest BCUT2D eigenvalue weighted by Crippen LogP contribution is -2.44. The van der Waals surface area contributed by atoms with E-state index < -0.39 is 55.6 Å². The molecule has 0 bridgehead atoms. The first-order chi connectivity index (χ1) is 15.0. The molecule has 10 nitrogen and oxygen atoms in total. The van der Waals surface area contributed by atoms with Gasteiger partial charge in [-0.25, -0.2) is 21.2 Å². The van der Waals surface area contributed by atoms with Crippen LogP contribution in [0.1, 0.15) is 23.7 Å². The Morgan fingerprint density at radius 2 is 1.97 bits per heavy atom. The molecule has 178 valence electrons. The van der Waals surface area contributed by atoms with E-state index >= 15 is 0 Å². The van der Waals surface area contributed by atoms with Gasteiger partial charge in [0, 0.05) is 25.7 Å². The minimum absolute atomic E-state index is 0.00993. The van der Waals surface area contributed by atoms with E-state index in [9.17, 15) is 30.8 Å². The molecule has 0 saturated carbocycles. The second-order valence-electron chi connectivity index (χ2n) is 7.64. The largest absolute Gasteiger partial charge is 0.379 e. The van der Waals surface area contributed by atoms with Crippen LogP contribution in [0, 0.1) is 5.82 Å². The van der Waals surface area contributed by atoms with Crippen molar-refractivity contribution in [3.05, 3.63) is 29.6 Å². The number of benzene rings is 1. The third-order valence-corrected chi connectivity index (χ3v) is 9.04. The summed E-state index contributed by atoms with van der Waals surface area (Å²) < 4.78 is 69.6. The van der Waals surface area contributed by atoms with Gasteiger partial charge in [0.1, 0.15) is 5.82 Å². The second-order valence-corrected chi connectivity index (χ2v) is 11.8. The summed E-state index contributed by atoms with van der Waals surface area (Å²) in [6.45, 7) is 2.04. The second kappa shape index (κ2) is 9.81. The summed E-state index contributed by atoms with van der Waals surface area (Å²) in [5.41, 5.74) is -0.461. The van der Waals surface area contributed by atoms with Crippen molar-refractivity contribution in [3.8, 4) is 0 Å². The summed E-state index contributed by atoms with van der Waals surface area (Å²) in [6.07, 6.45) is 0.296. The van der Waals surface area contributed by atoms with E-state index in [1.54, 1.807) is 6.92 Å². The SMILES string of the molecule is CCN(CC(=O)NC1CCS(=O)(=O)C1)C(=O)c1cc(S(=O)(=O)N2CCOCC2)ccc1F. The van der Waals surface area contributed by atoms with E-state index in [1.807, 2.05) is 0 Å². The molecule has 0 aromatic heterocycles. The molecule has 1 N–H and O–H groups in total. The number of ether oxygens (including phenoxy) is 1. The Morgan fingerprint density at radius 3 is 2.56 bits per heavy atom. The number of halogens is 1. The van der Waals surface area contributed by atoms with Crippen molar-refractivity contribution in [2.75, 3.05) is 50.9 Å². The number of carbonyl (C=O) groups is 2. The highest BCUT2D eigenvalue weighted by Gasteiger charge is 2.31. The van der Waals surface area contributed by atoms with E-state index in [1.165, 1.54) is 4.31 Å². The summed E-state index contributed by atoms with van der Waals surface area (Å²) in [5, 5.41) is 2.58. The molecular formula is C19H26FN3O7S2. The fraction of sp³-hybridized carbons (Fsp3) is 0.579. The average Bonchev–Trinajstić information content (AvgIpc) is 3.10. The van der Waals surface area contributed by atoms with Gasteiger partial charge in [-0.1, -0.05) is 0 Å². The highest BCUT2D eigenvalue weighted by molar-refractivity contribution is 7.91. The maximum atomic E-state index is 14.5. The number of carbonyl (C=O) groups excluding carboxylic acids is 2. The molecule has 1 aromatic carbocycles. The number of nitrogens with one attached hydrogen (secondary N) is 1. The summed E-state index contributed by atoms with van der Waals surface area (Å²) in [4.78, 5) is 26.1. The van der Waals surface area contributed by atoms with Crippen LogP contribution in [0.25, 0.3) is 0 Å². The van der Waals surface area contributed by atoms with Crippen molar-refractivity contribution >= 4 is 31.7 Å². The van der Waals surface area contributed by atoms with Gasteiger partial charge >= 0.3 is 0 Å². The lowest BCUT2D eigenvalue weighted by Gasteiger charge is -2.26. The normalized spacial score (nSPS) is 21.2. The number of rotatable bonds is 7. The number of sulfone groups is 1. The van der Waals surface area contributed by atoms with Gasteiger partial charge in [-0.3, -0.25) is 9.59 Å². The van der Waals surface area contributed by atoms with Gasteiger partial charge in [0.15, 0.2) is 9.84 Å². The Balaban J connectivity index is 1.74. The molecule has 1 unspecified atom stereocenters. The fourth-order valence-corrected chi connectivity index (χ4v) is 6.73. The zero-order valence-corrected chi connectivity index (χ0v) is 19.3. The lowest BCUT2D eigenvalue weighted by molar-refractivity contribution is -0.122. The highest BCUT2D eigenvalue weighted by atomic mass is 32.2. The highest BCUT2D eigenvalue weighted by Crippen LogP contribution is 2.21. The zero-order chi connectivity index (χ0) is 23.5. The van der Waals surface area contributed by atoms with Crippen LogP contribution < -0.4 is 5.32 Å². The predicted octanol–water partition coefficient (Wildman–Crippen LogP) is -0.388. The maximum Gasteiger partial charge on any atom is 0.257 e. The maximum absolute atomic E-state index is 14.5. The monoisotopic (exact) mass is 491 g/mol. The van der Waals surface area contributed by atoms with E-state index in [-0.39, 0.29) is 49.2 Å². The topological polar surface area (TPSA) is 130 Å². The quantitative estimate of drug-likeness (QED) is 0.550. The van der Waals surface area contributed by atoms with Crippen molar-refractivity contribution in [2.45, 2.75) is 24.3 Å². The number of hydrogen-bond donors (Lipinski definition) is 1. The summed E-state index contributed by atoms with van der Waals surface area (Å²) >= 11 is 0. The average molecular weight is 492 g/mol. The number of morpholine rings is 1. The van der Waals surface area contributed by atoms with Crippen LogP contribution in [0.4, 0.5) is 4.39 Å². The van der Waals surface area contributed by atoms with Gasteiger partial charge in [-0.2, -0.15) is 4.31 Å². The number of nitrogens with zero attached hydrogens (tertiary/aromatic N) is 2. The van der Waals surface area contributed by atoms with E-state index in [0.717, 1.165) is 23.1 Å². The number of hydrogen-bond acceptors (Lipinski definition) is 7. The zero-order valence-electron chi connectivity index (χ0n) is 17.6. The molecule has 0 aliphatic carbocycles. The summed E-state index contributed by atoms with van der Waals surface area (Å²) in [7, 11) is -7.12. The Labute approximate surface area is 186 Å². The fourth-order valence-electron chi connectivity index (χ4n) is 3.62. The third kappa shape index (κ3) is 5.63. The minimum atomic E-state index is -3.94. The van der Waals surface area contributed by atoms with Crippen LogP contribution in [0.5, 0.6) is 0 Å². The van der Waals surface area contributed by atoms with E-state index in [4.69, 9.17) is 4.74 Å². The smallest absolute Gasteiger partial charge is 0.257 e. The number of amides is 2. The summed E-state index contributed by atoms with van der Waals surface area (Å²) in [5.74, 6) is -2.48. The molecule has 0 radical (unpaired) electrons. The van der Waals surface area contributed by atoms with Crippen molar-refractivity contribution in [1.82, 2.24) is 14.5 Å². The van der Waals surface area contributed by atoms with Crippen molar-refractivity contribution in [3.63, 3.8) is 0 Å². The van der Waals surface area contributed by atoms with E-state index in [2.05, 4.69) is 5.32 Å². The van der Waals surface area contributed by atoms with Gasteiger partial charge < -0.3 is 15.0 Å². The Hall–Kier alpha value is -2.09. The molecule has 32 heavy (non-hydrogen) atoms. The van der Waals surface area contributed by atoms with Gasteiger partial charge in [0.2, 0.25) is 15.9 Å². The molecule has 1 atom stereocenters. The van der Waals surface area contributed by atoms with Crippen LogP contribution in [0.2, 0.25) is 0 Å². The number of sulfonamides is 1. The minimum Gasteiger partial charge on any atom is -0.379 e. The molecule has 2 amide bonds. The first-order valence-electron chi connectivity index (χ1n) is 10.2. The molecule has 2 aliphatic heterocycles. The molecule has 2 fully saturated rings. The molecule has 0 spiro atoms. The first kappa shape index (κ1) is 24.6. The number of likely N-dealkylation sites (N-methyl/N-ethyl adjacent to an activating group) is 1. The summed E-state index contributed by atoms with van der Waals surface area (Å²) in [6, 6.07) is 2.46. The van der Waals surface area contributed by atoms with Crippen LogP contribution in [-0.2, 0) is 29.4 Å². The van der Waals surface area contributed by atoms with Gasteiger partial charge in [0.25, 0.3) is 5.91 Å². The molecule has 2 saturated heterocycles. The van der Waals surface area contributed by atoms with E-state index in [0.29, 0.717) is 6.42 Å².